The monoisotopic (exact) mass is 255 g/mol. The van der Waals surface area contributed by atoms with E-state index in [4.69, 9.17) is 5.11 Å². The molecule has 1 saturated heterocycles. The van der Waals surface area contributed by atoms with Gasteiger partial charge in [-0.1, -0.05) is 0 Å². The standard InChI is InChI=1S/C6H10INO2/c7-8-3-5(4-8)1-2-6(9)10/h5H,1-4H2,(H,9,10). The van der Waals surface area contributed by atoms with Gasteiger partial charge in [0.2, 0.25) is 0 Å². The molecule has 0 radical (unpaired) electrons. The fourth-order valence-electron chi connectivity index (χ4n) is 1.02. The van der Waals surface area contributed by atoms with Crippen LogP contribution in [0.25, 0.3) is 0 Å². The summed E-state index contributed by atoms with van der Waals surface area (Å²) < 4.78 is 2.17. The topological polar surface area (TPSA) is 40.5 Å². The lowest BCUT2D eigenvalue weighted by atomic mass is 9.98. The second kappa shape index (κ2) is 3.52. The molecule has 1 rings (SSSR count). The lowest BCUT2D eigenvalue weighted by Gasteiger charge is -2.33. The lowest BCUT2D eigenvalue weighted by Crippen LogP contribution is -2.39. The molecule has 0 aromatic rings. The molecule has 1 fully saturated rings. The van der Waals surface area contributed by atoms with E-state index in [0.717, 1.165) is 19.5 Å². The van der Waals surface area contributed by atoms with E-state index in [0.29, 0.717) is 12.3 Å². The molecule has 0 bridgehead atoms. The van der Waals surface area contributed by atoms with Crippen molar-refractivity contribution < 1.29 is 9.90 Å². The largest absolute Gasteiger partial charge is 0.481 e. The third-order valence-corrected chi connectivity index (χ3v) is 2.47. The second-order valence-electron chi connectivity index (χ2n) is 2.63. The molecule has 0 aromatic carbocycles. The van der Waals surface area contributed by atoms with Gasteiger partial charge in [-0.25, -0.2) is 3.11 Å². The average molecular weight is 255 g/mol. The summed E-state index contributed by atoms with van der Waals surface area (Å²) in [6, 6.07) is 0. The molecule has 58 valence electrons. The van der Waals surface area contributed by atoms with Gasteiger partial charge >= 0.3 is 5.97 Å². The van der Waals surface area contributed by atoms with Crippen molar-refractivity contribution in [3.8, 4) is 0 Å². The van der Waals surface area contributed by atoms with Gasteiger partial charge in [0.25, 0.3) is 0 Å². The quantitative estimate of drug-likeness (QED) is 0.607. The Balaban J connectivity index is 2.00. The van der Waals surface area contributed by atoms with E-state index >= 15 is 0 Å². The Morgan fingerprint density at radius 2 is 2.30 bits per heavy atom. The van der Waals surface area contributed by atoms with Crippen LogP contribution in [0.15, 0.2) is 0 Å². The maximum Gasteiger partial charge on any atom is 0.303 e. The minimum absolute atomic E-state index is 0.329. The first-order valence-electron chi connectivity index (χ1n) is 3.31. The number of carbonyl (C=O) groups is 1. The molecule has 1 aliphatic rings. The first-order valence-corrected chi connectivity index (χ1v) is 4.27. The number of hydrogen-bond acceptors (Lipinski definition) is 2. The van der Waals surface area contributed by atoms with Crippen LogP contribution in [-0.2, 0) is 4.79 Å². The SMILES string of the molecule is O=C(O)CCC1CN(I)C1. The Hall–Kier alpha value is 0.160. The van der Waals surface area contributed by atoms with Gasteiger partial charge in [0.15, 0.2) is 0 Å². The van der Waals surface area contributed by atoms with Crippen LogP contribution in [-0.4, -0.2) is 27.3 Å². The van der Waals surface area contributed by atoms with Gasteiger partial charge in [-0.2, -0.15) is 0 Å². The van der Waals surface area contributed by atoms with Crippen LogP contribution in [0.4, 0.5) is 0 Å². The molecule has 1 N–H and O–H groups in total. The van der Waals surface area contributed by atoms with E-state index in [-0.39, 0.29) is 0 Å². The number of halogens is 1. The molecule has 10 heavy (non-hydrogen) atoms. The number of aliphatic carboxylic acids is 1. The zero-order valence-electron chi connectivity index (χ0n) is 5.59. The zero-order chi connectivity index (χ0) is 7.56. The van der Waals surface area contributed by atoms with Gasteiger partial charge in [-0.15, -0.1) is 0 Å². The van der Waals surface area contributed by atoms with E-state index in [9.17, 15) is 4.79 Å². The van der Waals surface area contributed by atoms with Crippen LogP contribution in [0.1, 0.15) is 12.8 Å². The molecule has 0 atom stereocenters. The van der Waals surface area contributed by atoms with Crippen LogP contribution in [0.5, 0.6) is 0 Å². The molecule has 4 heteroatoms. The predicted octanol–water partition coefficient (Wildman–Crippen LogP) is 1.13. The summed E-state index contributed by atoms with van der Waals surface area (Å²) in [4.78, 5) is 10.1. The van der Waals surface area contributed by atoms with Crippen molar-refractivity contribution in [1.29, 1.82) is 0 Å². The van der Waals surface area contributed by atoms with E-state index in [1.807, 2.05) is 0 Å². The third-order valence-electron chi connectivity index (χ3n) is 1.68. The molecule has 0 amide bonds. The fraction of sp³-hybridized carbons (Fsp3) is 0.833. The normalized spacial score (nSPS) is 20.5. The molecular formula is C6H10INO2. The molecule has 3 nitrogen and oxygen atoms in total. The summed E-state index contributed by atoms with van der Waals surface area (Å²) in [7, 11) is 0. The van der Waals surface area contributed by atoms with E-state index in [1.165, 1.54) is 0 Å². The molecule has 0 saturated carbocycles. The van der Waals surface area contributed by atoms with Crippen LogP contribution in [0.2, 0.25) is 0 Å². The molecule has 1 aliphatic heterocycles. The van der Waals surface area contributed by atoms with Crippen molar-refractivity contribution in [2.24, 2.45) is 5.92 Å². The van der Waals surface area contributed by atoms with Gasteiger partial charge in [0, 0.05) is 42.4 Å². The van der Waals surface area contributed by atoms with Crippen LogP contribution in [0, 0.1) is 5.92 Å². The molecular weight excluding hydrogens is 245 g/mol. The Labute approximate surface area is 73.9 Å². The average Bonchev–Trinajstić information content (AvgIpc) is 1.77. The van der Waals surface area contributed by atoms with Crippen molar-refractivity contribution in [2.75, 3.05) is 13.1 Å². The van der Waals surface area contributed by atoms with E-state index in [2.05, 4.69) is 26.0 Å². The molecule has 0 unspecified atom stereocenters. The highest BCUT2D eigenvalue weighted by Gasteiger charge is 2.24. The Bertz CT molecular complexity index is 134. The summed E-state index contributed by atoms with van der Waals surface area (Å²) in [5, 5.41) is 8.33. The first-order chi connectivity index (χ1) is 4.68. The van der Waals surface area contributed by atoms with Crippen LogP contribution < -0.4 is 0 Å². The Morgan fingerprint density at radius 1 is 1.70 bits per heavy atom. The van der Waals surface area contributed by atoms with Crippen molar-refractivity contribution in [1.82, 2.24) is 3.11 Å². The van der Waals surface area contributed by atoms with Crippen molar-refractivity contribution in [2.45, 2.75) is 12.8 Å². The number of carboxylic acids is 1. The summed E-state index contributed by atoms with van der Waals surface area (Å²) in [6.07, 6.45) is 1.17. The molecule has 0 aliphatic carbocycles. The number of carboxylic acid groups (broad SMARTS) is 1. The Kier molecular flexibility index (Phi) is 2.91. The van der Waals surface area contributed by atoms with Gasteiger partial charge in [0.1, 0.15) is 0 Å². The number of rotatable bonds is 3. The van der Waals surface area contributed by atoms with E-state index in [1.54, 1.807) is 0 Å². The van der Waals surface area contributed by atoms with Crippen LogP contribution in [0.3, 0.4) is 0 Å². The summed E-state index contributed by atoms with van der Waals surface area (Å²) in [5.74, 6) is -0.0418. The number of nitrogens with zero attached hydrogens (tertiary/aromatic N) is 1. The highest BCUT2D eigenvalue weighted by molar-refractivity contribution is 14.1. The van der Waals surface area contributed by atoms with Gasteiger partial charge < -0.3 is 5.11 Å². The molecule has 1 heterocycles. The van der Waals surface area contributed by atoms with Gasteiger partial charge in [-0.05, 0) is 12.3 Å². The first kappa shape index (κ1) is 8.26. The smallest absolute Gasteiger partial charge is 0.303 e. The second-order valence-corrected chi connectivity index (χ2v) is 3.99. The highest BCUT2D eigenvalue weighted by atomic mass is 127. The predicted molar refractivity (Wildman–Crippen MR) is 46.0 cm³/mol. The number of hydrogen-bond donors (Lipinski definition) is 1. The minimum Gasteiger partial charge on any atom is -0.481 e. The van der Waals surface area contributed by atoms with Crippen LogP contribution >= 0.6 is 22.9 Å². The third kappa shape index (κ3) is 2.42. The summed E-state index contributed by atoms with van der Waals surface area (Å²) in [6.45, 7) is 2.13. The van der Waals surface area contributed by atoms with Gasteiger partial charge in [0.05, 0.1) is 0 Å². The van der Waals surface area contributed by atoms with E-state index < -0.39 is 5.97 Å². The maximum atomic E-state index is 10.1. The minimum atomic E-state index is -0.674. The van der Waals surface area contributed by atoms with Gasteiger partial charge in [-0.3, -0.25) is 4.79 Å². The zero-order valence-corrected chi connectivity index (χ0v) is 7.74. The van der Waals surface area contributed by atoms with Crippen molar-refractivity contribution in [3.63, 3.8) is 0 Å². The lowest BCUT2D eigenvalue weighted by molar-refractivity contribution is -0.137. The molecule has 0 spiro atoms. The Morgan fingerprint density at radius 3 is 2.70 bits per heavy atom. The van der Waals surface area contributed by atoms with Crippen molar-refractivity contribution >= 4 is 28.8 Å². The van der Waals surface area contributed by atoms with Crippen molar-refractivity contribution in [3.05, 3.63) is 0 Å². The summed E-state index contributed by atoms with van der Waals surface area (Å²) >= 11 is 2.25. The fourth-order valence-corrected chi connectivity index (χ4v) is 2.13. The maximum absolute atomic E-state index is 10.1. The summed E-state index contributed by atoms with van der Waals surface area (Å²) in [5.41, 5.74) is 0. The highest BCUT2D eigenvalue weighted by Crippen LogP contribution is 2.23. The molecule has 0 aromatic heterocycles.